The van der Waals surface area contributed by atoms with E-state index in [1.54, 1.807) is 0 Å². The van der Waals surface area contributed by atoms with E-state index in [-0.39, 0.29) is 6.04 Å². The Kier molecular flexibility index (Phi) is 5.21. The number of benzene rings is 2. The van der Waals surface area contributed by atoms with Gasteiger partial charge in [-0.1, -0.05) is 0 Å². The molecule has 0 amide bonds. The normalized spacial score (nSPS) is 14.3. The van der Waals surface area contributed by atoms with Gasteiger partial charge in [-0.15, -0.1) is 0 Å². The minimum absolute atomic E-state index is 0.211. The van der Waals surface area contributed by atoms with Crippen molar-refractivity contribution in [3.05, 3.63) is 66.2 Å². The van der Waals surface area contributed by atoms with E-state index >= 15 is 0 Å². The van der Waals surface area contributed by atoms with E-state index in [4.69, 9.17) is 5.73 Å². The summed E-state index contributed by atoms with van der Waals surface area (Å²) in [6, 6.07) is 21.6. The number of rotatable bonds is 5. The monoisotopic (exact) mass is 319 g/mol. The molecule has 0 aromatic heterocycles. The van der Waals surface area contributed by atoms with Crippen LogP contribution < -0.4 is 10.2 Å². The Labute approximate surface area is 122 Å². The van der Waals surface area contributed by atoms with Crippen molar-refractivity contribution in [2.24, 2.45) is 11.7 Å². The van der Waals surface area contributed by atoms with Gasteiger partial charge in [-0.3, -0.25) is 0 Å². The third-order valence-corrected chi connectivity index (χ3v) is 6.16. The Bertz CT molecular complexity index is 481. The van der Waals surface area contributed by atoms with Crippen molar-refractivity contribution in [1.82, 2.24) is 0 Å². The second-order valence-electron chi connectivity index (χ2n) is 5.08. The van der Waals surface area contributed by atoms with Gasteiger partial charge < -0.3 is 0 Å². The van der Waals surface area contributed by atoms with Gasteiger partial charge >= 0.3 is 122 Å². The van der Waals surface area contributed by atoms with Gasteiger partial charge in [-0.2, -0.15) is 0 Å². The third kappa shape index (κ3) is 3.94. The fourth-order valence-electron chi connectivity index (χ4n) is 2.01. The van der Waals surface area contributed by atoms with Crippen LogP contribution >= 0.6 is 0 Å². The van der Waals surface area contributed by atoms with Crippen molar-refractivity contribution in [1.29, 1.82) is 0 Å². The zero-order valence-corrected chi connectivity index (χ0v) is 13.2. The molecule has 0 saturated carbocycles. The molecule has 2 atom stereocenters. The molecule has 0 aliphatic carbocycles. The molecular weight excluding hydrogens is 297 g/mol. The summed E-state index contributed by atoms with van der Waals surface area (Å²) in [5, 5.41) is 0. The van der Waals surface area contributed by atoms with Crippen molar-refractivity contribution in [2.45, 2.75) is 24.7 Å². The molecule has 2 N–H and O–H groups in total. The number of hydrogen-bond acceptors (Lipinski definition) is 1. The van der Waals surface area contributed by atoms with Gasteiger partial charge in [-0.05, 0) is 0 Å². The molecule has 0 spiro atoms. The summed E-state index contributed by atoms with van der Waals surface area (Å²) in [5.41, 5.74) is 7.82. The molecule has 0 saturated heterocycles. The zero-order chi connectivity index (χ0) is 13.7. The second kappa shape index (κ2) is 6.91. The van der Waals surface area contributed by atoms with Gasteiger partial charge in [0.25, 0.3) is 0 Å². The van der Waals surface area contributed by atoms with E-state index in [1.165, 1.54) is 10.0 Å². The van der Waals surface area contributed by atoms with Gasteiger partial charge in [0.1, 0.15) is 0 Å². The van der Waals surface area contributed by atoms with Crippen LogP contribution in [0.25, 0.3) is 0 Å². The van der Waals surface area contributed by atoms with Gasteiger partial charge in [-0.25, -0.2) is 0 Å². The topological polar surface area (TPSA) is 26.0 Å². The predicted octanol–water partition coefficient (Wildman–Crippen LogP) is 2.74. The third-order valence-electron chi connectivity index (χ3n) is 3.25. The van der Waals surface area contributed by atoms with E-state index in [1.807, 2.05) is 0 Å². The second-order valence-corrected chi connectivity index (χ2v) is 7.63. The average Bonchev–Trinajstić information content (AvgIpc) is 2.46. The van der Waals surface area contributed by atoms with E-state index in [9.17, 15) is 0 Å². The maximum absolute atomic E-state index is 6.46. The summed E-state index contributed by atoms with van der Waals surface area (Å²) >= 11 is 0.367. The Morgan fingerprint density at radius 3 is 1.89 bits per heavy atom. The summed E-state index contributed by atoms with van der Waals surface area (Å²) in [6.45, 7) is 4.42. The van der Waals surface area contributed by atoms with Gasteiger partial charge in [0.15, 0.2) is 0 Å². The Morgan fingerprint density at radius 1 is 0.842 bits per heavy atom. The molecule has 19 heavy (non-hydrogen) atoms. The molecule has 0 radical (unpaired) electrons. The maximum atomic E-state index is 6.46. The first kappa shape index (κ1) is 14.3. The average molecular weight is 318 g/mol. The van der Waals surface area contributed by atoms with Gasteiger partial charge in [0, 0.05) is 0 Å². The van der Waals surface area contributed by atoms with Crippen LogP contribution in [-0.4, -0.2) is 21.0 Å². The summed E-state index contributed by atoms with van der Waals surface area (Å²) < 4.78 is 1.42. The van der Waals surface area contributed by atoms with Crippen molar-refractivity contribution >= 4 is 19.4 Å². The van der Waals surface area contributed by atoms with E-state index < -0.39 is 0 Å². The van der Waals surface area contributed by atoms with Gasteiger partial charge in [0.2, 0.25) is 0 Å². The molecule has 2 heteroatoms. The predicted molar refractivity (Wildman–Crippen MR) is 83.8 cm³/mol. The molecular formula is C17H21NSe. The van der Waals surface area contributed by atoms with Crippen LogP contribution in [0.4, 0.5) is 0 Å². The summed E-state index contributed by atoms with van der Waals surface area (Å²) in [5.74, 6) is 0.496. The van der Waals surface area contributed by atoms with Crippen molar-refractivity contribution in [3.63, 3.8) is 0 Å². The molecule has 100 valence electrons. The summed E-state index contributed by atoms with van der Waals surface area (Å²) in [4.78, 5) is 0.441. The molecule has 0 heterocycles. The van der Waals surface area contributed by atoms with E-state index in [0.717, 1.165) is 0 Å². The fourth-order valence-corrected chi connectivity index (χ4v) is 4.89. The zero-order valence-electron chi connectivity index (χ0n) is 11.5. The van der Waals surface area contributed by atoms with Crippen LogP contribution in [0.15, 0.2) is 60.7 Å². The van der Waals surface area contributed by atoms with Crippen molar-refractivity contribution in [2.75, 3.05) is 0 Å². The first-order valence-corrected chi connectivity index (χ1v) is 8.55. The first-order valence-electron chi connectivity index (χ1n) is 6.70. The fraction of sp³-hybridized carbons (Fsp3) is 0.294. The van der Waals surface area contributed by atoms with E-state index in [0.29, 0.717) is 25.7 Å². The van der Waals surface area contributed by atoms with Crippen LogP contribution in [0.5, 0.6) is 0 Å². The molecule has 0 aliphatic rings. The molecule has 0 aliphatic heterocycles. The molecule has 0 unspecified atom stereocenters. The molecule has 1 nitrogen and oxygen atoms in total. The van der Waals surface area contributed by atoms with E-state index in [2.05, 4.69) is 74.5 Å². The van der Waals surface area contributed by atoms with Crippen molar-refractivity contribution < 1.29 is 0 Å². The number of nitrogens with two attached hydrogens (primary N) is 1. The molecule has 0 fully saturated rings. The van der Waals surface area contributed by atoms with Crippen LogP contribution in [-0.2, 0) is 0 Å². The Hall–Kier alpha value is -1.08. The minimum atomic E-state index is 0.211. The summed E-state index contributed by atoms with van der Waals surface area (Å²) in [6.07, 6.45) is 0. The van der Waals surface area contributed by atoms with Crippen LogP contribution in [0.2, 0.25) is 0 Å². The SMILES string of the molecule is CC(C)[C@H](N)[C@@H]([Se]c1ccccc1)c1ccccc1. The van der Waals surface area contributed by atoms with Gasteiger partial charge in [0.05, 0.1) is 0 Å². The summed E-state index contributed by atoms with van der Waals surface area (Å²) in [7, 11) is 0. The molecule has 2 aromatic rings. The molecule has 2 aromatic carbocycles. The van der Waals surface area contributed by atoms with Crippen molar-refractivity contribution in [3.8, 4) is 0 Å². The van der Waals surface area contributed by atoms with Crippen LogP contribution in [0, 0.1) is 5.92 Å². The molecule has 2 rings (SSSR count). The first-order chi connectivity index (χ1) is 9.18. The quantitative estimate of drug-likeness (QED) is 0.843. The Morgan fingerprint density at radius 2 is 1.37 bits per heavy atom. The number of hydrogen-bond donors (Lipinski definition) is 1. The van der Waals surface area contributed by atoms with Crippen LogP contribution in [0.1, 0.15) is 24.2 Å². The van der Waals surface area contributed by atoms with Crippen LogP contribution in [0.3, 0.4) is 0 Å². The standard InChI is InChI=1S/C17H21NSe/c1-13(2)16(18)17(14-9-5-3-6-10-14)19-15-11-7-4-8-12-15/h3-13,16-17H,18H2,1-2H3/t16-,17-/m0/s1. The molecule has 0 bridgehead atoms. The Balaban J connectivity index is 2.25.